The maximum absolute atomic E-state index is 12.2. The average molecular weight is 277 g/mol. The van der Waals surface area contributed by atoms with E-state index < -0.39 is 6.10 Å². The van der Waals surface area contributed by atoms with Crippen LogP contribution in [0.25, 0.3) is 0 Å². The van der Waals surface area contributed by atoms with E-state index in [0.717, 1.165) is 31.4 Å². The van der Waals surface area contributed by atoms with Crippen molar-refractivity contribution in [2.75, 3.05) is 13.1 Å². The van der Waals surface area contributed by atoms with Crippen molar-refractivity contribution in [3.05, 3.63) is 28.2 Å². The summed E-state index contributed by atoms with van der Waals surface area (Å²) in [6.45, 7) is 0.967. The first kappa shape index (κ1) is 13.3. The summed E-state index contributed by atoms with van der Waals surface area (Å²) in [4.78, 5) is 25.6. The summed E-state index contributed by atoms with van der Waals surface area (Å²) in [7, 11) is 0. The van der Waals surface area contributed by atoms with Crippen LogP contribution in [0.15, 0.2) is 16.9 Å². The van der Waals surface area contributed by atoms with Crippen molar-refractivity contribution < 1.29 is 9.90 Å². The highest BCUT2D eigenvalue weighted by Crippen LogP contribution is 2.38. The Morgan fingerprint density at radius 1 is 1.35 bits per heavy atom. The van der Waals surface area contributed by atoms with Gasteiger partial charge in [0.1, 0.15) is 6.54 Å². The summed E-state index contributed by atoms with van der Waals surface area (Å²) in [6, 6.07) is 3.24. The summed E-state index contributed by atoms with van der Waals surface area (Å²) < 4.78 is 1.25. The molecule has 20 heavy (non-hydrogen) atoms. The molecule has 2 fully saturated rings. The number of β-amino-alcohol motifs (C(OH)–C–C–N with tert-alkyl or cyclic N) is 1. The Bertz CT molecular complexity index is 565. The molecule has 2 heterocycles. The van der Waals surface area contributed by atoms with Gasteiger partial charge in [-0.05, 0) is 31.7 Å². The number of likely N-dealkylation sites (tertiary alicyclic amines) is 1. The van der Waals surface area contributed by atoms with E-state index in [4.69, 9.17) is 0 Å². The highest BCUT2D eigenvalue weighted by Gasteiger charge is 2.26. The van der Waals surface area contributed by atoms with Crippen molar-refractivity contribution in [2.45, 2.75) is 44.2 Å². The fourth-order valence-electron chi connectivity index (χ4n) is 2.58. The van der Waals surface area contributed by atoms with E-state index in [-0.39, 0.29) is 18.0 Å². The zero-order valence-corrected chi connectivity index (χ0v) is 11.4. The number of aliphatic hydroxyl groups is 1. The van der Waals surface area contributed by atoms with E-state index in [2.05, 4.69) is 5.10 Å². The van der Waals surface area contributed by atoms with E-state index in [0.29, 0.717) is 19.0 Å². The number of aliphatic hydroxyl groups excluding tert-OH is 1. The molecule has 0 bridgehead atoms. The monoisotopic (exact) mass is 277 g/mol. The highest BCUT2D eigenvalue weighted by atomic mass is 16.3. The van der Waals surface area contributed by atoms with Crippen molar-refractivity contribution >= 4 is 5.91 Å². The van der Waals surface area contributed by atoms with E-state index in [1.165, 1.54) is 10.7 Å². The Hall–Kier alpha value is -1.69. The molecule has 3 rings (SSSR count). The van der Waals surface area contributed by atoms with Crippen LogP contribution in [-0.4, -0.2) is 44.9 Å². The SMILES string of the molecule is O=C(Cn1nc(C2CC2)ccc1=O)N1CCC[C@H](O)C1. The minimum atomic E-state index is -0.449. The number of hydrogen-bond donors (Lipinski definition) is 1. The number of rotatable bonds is 3. The Balaban J connectivity index is 1.71. The minimum absolute atomic E-state index is 0.0356. The van der Waals surface area contributed by atoms with E-state index >= 15 is 0 Å². The van der Waals surface area contributed by atoms with Gasteiger partial charge < -0.3 is 10.0 Å². The third-order valence-electron chi connectivity index (χ3n) is 3.92. The van der Waals surface area contributed by atoms with E-state index in [9.17, 15) is 14.7 Å². The Morgan fingerprint density at radius 3 is 2.85 bits per heavy atom. The lowest BCUT2D eigenvalue weighted by Gasteiger charge is -2.30. The average Bonchev–Trinajstić information content (AvgIpc) is 3.25. The fourth-order valence-corrected chi connectivity index (χ4v) is 2.58. The van der Waals surface area contributed by atoms with Crippen molar-refractivity contribution in [1.82, 2.24) is 14.7 Å². The lowest BCUT2D eigenvalue weighted by molar-refractivity contribution is -0.135. The topological polar surface area (TPSA) is 75.4 Å². The number of nitrogens with zero attached hydrogens (tertiary/aromatic N) is 3. The Morgan fingerprint density at radius 2 is 2.15 bits per heavy atom. The van der Waals surface area contributed by atoms with Gasteiger partial charge in [0.15, 0.2) is 0 Å². The molecule has 1 aliphatic heterocycles. The van der Waals surface area contributed by atoms with Crippen molar-refractivity contribution in [2.24, 2.45) is 0 Å². The van der Waals surface area contributed by atoms with Crippen LogP contribution in [0.4, 0.5) is 0 Å². The van der Waals surface area contributed by atoms with Crippen LogP contribution < -0.4 is 5.56 Å². The van der Waals surface area contributed by atoms with Gasteiger partial charge in [0, 0.05) is 25.1 Å². The third kappa shape index (κ3) is 2.90. The van der Waals surface area contributed by atoms with Crippen molar-refractivity contribution in [1.29, 1.82) is 0 Å². The van der Waals surface area contributed by atoms with Gasteiger partial charge in [0.05, 0.1) is 11.8 Å². The Kier molecular flexibility index (Phi) is 3.56. The van der Waals surface area contributed by atoms with Gasteiger partial charge in [0.25, 0.3) is 5.56 Å². The van der Waals surface area contributed by atoms with E-state index in [1.807, 2.05) is 0 Å². The highest BCUT2D eigenvalue weighted by molar-refractivity contribution is 5.76. The molecule has 1 saturated carbocycles. The molecule has 1 aromatic rings. The molecule has 1 aromatic heterocycles. The molecule has 2 aliphatic rings. The fraction of sp³-hybridized carbons (Fsp3) is 0.643. The number of carbonyl (C=O) groups excluding carboxylic acids is 1. The smallest absolute Gasteiger partial charge is 0.267 e. The van der Waals surface area contributed by atoms with Gasteiger partial charge in [-0.3, -0.25) is 9.59 Å². The van der Waals surface area contributed by atoms with Gasteiger partial charge in [-0.2, -0.15) is 5.10 Å². The summed E-state index contributed by atoms with van der Waals surface area (Å²) >= 11 is 0. The first-order chi connectivity index (χ1) is 9.63. The molecule has 6 nitrogen and oxygen atoms in total. The van der Waals surface area contributed by atoms with Crippen LogP contribution in [0.2, 0.25) is 0 Å². The molecule has 0 spiro atoms. The molecule has 0 radical (unpaired) electrons. The molecule has 1 saturated heterocycles. The zero-order chi connectivity index (χ0) is 14.1. The number of amides is 1. The molecular weight excluding hydrogens is 258 g/mol. The third-order valence-corrected chi connectivity index (χ3v) is 3.92. The molecule has 108 valence electrons. The second-order valence-electron chi connectivity index (χ2n) is 5.66. The lowest BCUT2D eigenvalue weighted by Crippen LogP contribution is -2.44. The molecule has 6 heteroatoms. The van der Waals surface area contributed by atoms with Crippen molar-refractivity contribution in [3.63, 3.8) is 0 Å². The summed E-state index contributed by atoms with van der Waals surface area (Å²) in [5.74, 6) is 0.306. The lowest BCUT2D eigenvalue weighted by atomic mass is 10.1. The van der Waals surface area contributed by atoms with Crippen LogP contribution >= 0.6 is 0 Å². The second kappa shape index (κ2) is 5.36. The molecule has 1 amide bonds. The molecular formula is C14H19N3O3. The number of aromatic nitrogens is 2. The van der Waals surface area contributed by atoms with Gasteiger partial charge >= 0.3 is 0 Å². The molecule has 0 aromatic carbocycles. The summed E-state index contributed by atoms with van der Waals surface area (Å²) in [5, 5.41) is 13.9. The van der Waals surface area contributed by atoms with Gasteiger partial charge in [-0.15, -0.1) is 0 Å². The molecule has 1 aliphatic carbocycles. The summed E-state index contributed by atoms with van der Waals surface area (Å²) in [5.41, 5.74) is 0.649. The first-order valence-electron chi connectivity index (χ1n) is 7.17. The van der Waals surface area contributed by atoms with Gasteiger partial charge in [0.2, 0.25) is 5.91 Å². The number of carbonyl (C=O) groups is 1. The standard InChI is InChI=1S/C14H19N3O3/c18-11-2-1-7-16(8-11)14(20)9-17-13(19)6-5-12(15-17)10-3-4-10/h5-6,10-11,18H,1-4,7-9H2/t11-/m0/s1. The van der Waals surface area contributed by atoms with Crippen molar-refractivity contribution in [3.8, 4) is 0 Å². The van der Waals surface area contributed by atoms with Crippen LogP contribution in [0.5, 0.6) is 0 Å². The van der Waals surface area contributed by atoms with Crippen LogP contribution in [0.1, 0.15) is 37.3 Å². The predicted octanol–water partition coefficient (Wildman–Crippen LogP) is 0.104. The number of hydrogen-bond acceptors (Lipinski definition) is 4. The minimum Gasteiger partial charge on any atom is -0.391 e. The zero-order valence-electron chi connectivity index (χ0n) is 11.4. The number of piperidine rings is 1. The maximum Gasteiger partial charge on any atom is 0.267 e. The largest absolute Gasteiger partial charge is 0.391 e. The molecule has 1 atom stereocenters. The second-order valence-corrected chi connectivity index (χ2v) is 5.66. The van der Waals surface area contributed by atoms with Gasteiger partial charge in [-0.1, -0.05) is 0 Å². The Labute approximate surface area is 117 Å². The summed E-state index contributed by atoms with van der Waals surface area (Å²) in [6.07, 6.45) is 3.31. The van der Waals surface area contributed by atoms with Crippen LogP contribution in [-0.2, 0) is 11.3 Å². The molecule has 1 N–H and O–H groups in total. The predicted molar refractivity (Wildman–Crippen MR) is 72.3 cm³/mol. The van der Waals surface area contributed by atoms with E-state index in [1.54, 1.807) is 11.0 Å². The maximum atomic E-state index is 12.2. The van der Waals surface area contributed by atoms with Gasteiger partial charge in [-0.25, -0.2) is 4.68 Å². The van der Waals surface area contributed by atoms with Crippen LogP contribution in [0, 0.1) is 0 Å². The quantitative estimate of drug-likeness (QED) is 0.850. The first-order valence-corrected chi connectivity index (χ1v) is 7.17. The van der Waals surface area contributed by atoms with Crippen LogP contribution in [0.3, 0.4) is 0 Å². The normalized spacial score (nSPS) is 22.9. The molecule has 0 unspecified atom stereocenters.